The third-order valence-corrected chi connectivity index (χ3v) is 8.68. The van der Waals surface area contributed by atoms with Gasteiger partial charge < -0.3 is 30.0 Å². The number of pyridine rings is 1. The normalized spacial score (nSPS) is 20.2. The highest BCUT2D eigenvalue weighted by Crippen LogP contribution is 2.32. The van der Waals surface area contributed by atoms with Crippen LogP contribution in [0.25, 0.3) is 5.57 Å². The first-order valence-corrected chi connectivity index (χ1v) is 16.2. The van der Waals surface area contributed by atoms with Gasteiger partial charge in [-0.05, 0) is 93.7 Å². The molecule has 0 bridgehead atoms. The molecule has 1 atom stereocenters. The molecule has 46 heavy (non-hydrogen) atoms. The average Bonchev–Trinajstić information content (AvgIpc) is 3.20. The highest BCUT2D eigenvalue weighted by atomic mass is 16.5. The Hall–Kier alpha value is -4.21. The summed E-state index contributed by atoms with van der Waals surface area (Å²) in [7, 11) is 0. The summed E-state index contributed by atoms with van der Waals surface area (Å²) in [6.45, 7) is 12.9. The number of nitrogens with one attached hydrogen (secondary N) is 2. The molecule has 2 aromatic rings. The highest BCUT2D eigenvalue weighted by Gasteiger charge is 2.30. The number of carbonyl (C=O) groups is 1. The molecule has 244 valence electrons. The van der Waals surface area contributed by atoms with Gasteiger partial charge in [-0.25, -0.2) is 9.78 Å². The predicted molar refractivity (Wildman–Crippen MR) is 180 cm³/mol. The molecule has 1 aromatic heterocycles. The molecule has 1 aliphatic carbocycles. The van der Waals surface area contributed by atoms with E-state index in [0.29, 0.717) is 24.0 Å². The molecular formula is C37H46N4O5. The number of ether oxygens (including phenoxy) is 3. The van der Waals surface area contributed by atoms with E-state index in [9.17, 15) is 9.90 Å². The van der Waals surface area contributed by atoms with Crippen LogP contribution in [0.5, 0.6) is 0 Å². The van der Waals surface area contributed by atoms with Gasteiger partial charge in [0.25, 0.3) is 0 Å². The topological polar surface area (TPSA) is 117 Å². The fourth-order valence-electron chi connectivity index (χ4n) is 6.47. The molecule has 3 aliphatic rings. The molecule has 5 rings (SSSR count). The van der Waals surface area contributed by atoms with Gasteiger partial charge in [0, 0.05) is 38.0 Å². The van der Waals surface area contributed by atoms with Crippen molar-refractivity contribution in [3.8, 4) is 0 Å². The first kappa shape index (κ1) is 33.2. The van der Waals surface area contributed by atoms with E-state index in [1.807, 2.05) is 25.1 Å². The maximum absolute atomic E-state index is 11.6. The molecule has 1 aromatic carbocycles. The Bertz CT molecular complexity index is 1570. The lowest BCUT2D eigenvalue weighted by Gasteiger charge is -2.39. The van der Waals surface area contributed by atoms with E-state index < -0.39 is 5.97 Å². The van der Waals surface area contributed by atoms with E-state index in [2.05, 4.69) is 54.4 Å². The smallest absolute Gasteiger partial charge is 0.342 e. The number of aliphatic carboxylic acids is 1. The molecule has 0 saturated carbocycles. The number of benzene rings is 1. The fourth-order valence-corrected chi connectivity index (χ4v) is 6.47. The minimum absolute atomic E-state index is 0.0189. The third kappa shape index (κ3) is 8.33. The minimum atomic E-state index is -1.26. The van der Waals surface area contributed by atoms with E-state index in [1.54, 1.807) is 13.0 Å². The summed E-state index contributed by atoms with van der Waals surface area (Å²) >= 11 is 0. The molecule has 3 N–H and O–H groups in total. The van der Waals surface area contributed by atoms with Gasteiger partial charge in [0.05, 0.1) is 17.9 Å². The van der Waals surface area contributed by atoms with Gasteiger partial charge >= 0.3 is 5.97 Å². The first-order chi connectivity index (χ1) is 22.2. The van der Waals surface area contributed by atoms with Crippen molar-refractivity contribution in [1.29, 1.82) is 5.41 Å². The van der Waals surface area contributed by atoms with Crippen molar-refractivity contribution in [3.05, 3.63) is 99.8 Å². The SMILES string of the molecule is CCO/C(Nc1cccc(C2=C(OCc3ccc4c(c3)CCN(CC3CCOC(C)(C)C3)C4)C(C)=CCC=C2)n1)=C(/C=N)C(=O)O. The number of fused-ring (bicyclic) bond motifs is 1. The maximum atomic E-state index is 11.6. The molecule has 0 radical (unpaired) electrons. The Kier molecular flexibility index (Phi) is 10.8. The van der Waals surface area contributed by atoms with Crippen LogP contribution in [0.3, 0.4) is 0 Å². The molecule has 0 spiro atoms. The summed E-state index contributed by atoms with van der Waals surface area (Å²) < 4.78 is 18.0. The lowest BCUT2D eigenvalue weighted by Crippen LogP contribution is -2.41. The monoisotopic (exact) mass is 626 g/mol. The van der Waals surface area contributed by atoms with Crippen LogP contribution < -0.4 is 5.32 Å². The van der Waals surface area contributed by atoms with Crippen LogP contribution >= 0.6 is 0 Å². The number of carboxylic acids is 1. The van der Waals surface area contributed by atoms with Gasteiger partial charge in [-0.3, -0.25) is 4.90 Å². The summed E-state index contributed by atoms with van der Waals surface area (Å²) in [4.78, 5) is 19.0. The Morgan fingerprint density at radius 3 is 2.87 bits per heavy atom. The number of nitrogens with zero attached hydrogens (tertiary/aromatic N) is 2. The van der Waals surface area contributed by atoms with Gasteiger partial charge in [-0.2, -0.15) is 0 Å². The first-order valence-electron chi connectivity index (χ1n) is 16.2. The fraction of sp³-hybridized carbons (Fsp3) is 0.432. The summed E-state index contributed by atoms with van der Waals surface area (Å²) in [5, 5.41) is 20.0. The van der Waals surface area contributed by atoms with Crippen LogP contribution in [-0.4, -0.2) is 59.1 Å². The van der Waals surface area contributed by atoms with Crippen molar-refractivity contribution in [3.63, 3.8) is 0 Å². The van der Waals surface area contributed by atoms with Crippen LogP contribution in [0.4, 0.5) is 5.82 Å². The molecule has 1 fully saturated rings. The van der Waals surface area contributed by atoms with Crippen LogP contribution in [0, 0.1) is 11.3 Å². The van der Waals surface area contributed by atoms with Crippen LogP contribution in [0.1, 0.15) is 69.3 Å². The number of hydrogen-bond donors (Lipinski definition) is 3. The second-order valence-electron chi connectivity index (χ2n) is 12.8. The van der Waals surface area contributed by atoms with Crippen LogP contribution in [0.15, 0.2) is 77.4 Å². The zero-order valence-corrected chi connectivity index (χ0v) is 27.4. The average molecular weight is 627 g/mol. The van der Waals surface area contributed by atoms with Gasteiger partial charge in [0.2, 0.25) is 5.88 Å². The molecule has 1 unspecified atom stereocenters. The summed E-state index contributed by atoms with van der Waals surface area (Å²) in [6, 6.07) is 12.2. The van der Waals surface area contributed by atoms with Crippen molar-refractivity contribution in [2.75, 3.05) is 31.6 Å². The molecule has 0 amide bonds. The Labute approximate surface area is 272 Å². The quantitative estimate of drug-likeness (QED) is 0.133. The number of rotatable bonds is 12. The second kappa shape index (κ2) is 14.9. The molecule has 9 nitrogen and oxygen atoms in total. The van der Waals surface area contributed by atoms with Gasteiger partial charge in [0.15, 0.2) is 0 Å². The summed E-state index contributed by atoms with van der Waals surface area (Å²) in [5.74, 6) is 0.551. The predicted octanol–water partition coefficient (Wildman–Crippen LogP) is 6.87. The van der Waals surface area contributed by atoms with E-state index in [-0.39, 0.29) is 23.7 Å². The van der Waals surface area contributed by atoms with Crippen LogP contribution in [-0.2, 0) is 38.6 Å². The van der Waals surface area contributed by atoms with Crippen molar-refractivity contribution in [2.45, 2.75) is 72.1 Å². The van der Waals surface area contributed by atoms with Crippen molar-refractivity contribution in [2.24, 2.45) is 5.92 Å². The van der Waals surface area contributed by atoms with E-state index >= 15 is 0 Å². The zero-order valence-electron chi connectivity index (χ0n) is 27.4. The zero-order chi connectivity index (χ0) is 32.7. The molecule has 2 aliphatic heterocycles. The number of carboxylic acid groups (broad SMARTS) is 1. The minimum Gasteiger partial charge on any atom is -0.488 e. The lowest BCUT2D eigenvalue weighted by molar-refractivity contribution is -0.132. The van der Waals surface area contributed by atoms with Crippen LogP contribution in [0.2, 0.25) is 0 Å². The van der Waals surface area contributed by atoms with E-state index in [0.717, 1.165) is 80.6 Å². The number of aromatic nitrogens is 1. The lowest BCUT2D eigenvalue weighted by atomic mass is 9.87. The van der Waals surface area contributed by atoms with E-state index in [1.165, 1.54) is 11.1 Å². The standard InChI is InChI=1S/C37H46N4O5/c1-5-44-35(31(21-38)36(42)43)40-33-12-8-11-32(39-33)30-10-7-6-9-25(2)34(30)45-24-26-13-14-29-23-41(17-15-28(29)19-26)22-27-16-18-46-37(3,4)20-27/h7-14,19,21,27,38H,5-6,15-18,20,22-24H2,1-4H3,(H,39,40)(H,42,43)/b35-31-,38-21?. The molecule has 3 heterocycles. The largest absolute Gasteiger partial charge is 0.488 e. The van der Waals surface area contributed by atoms with Crippen molar-refractivity contribution < 1.29 is 24.1 Å². The van der Waals surface area contributed by atoms with Gasteiger partial charge in [-0.1, -0.05) is 42.5 Å². The number of anilines is 1. The second-order valence-corrected chi connectivity index (χ2v) is 12.8. The van der Waals surface area contributed by atoms with Crippen molar-refractivity contribution in [1.82, 2.24) is 9.88 Å². The Morgan fingerprint density at radius 1 is 1.26 bits per heavy atom. The number of allylic oxidation sites excluding steroid dienone is 5. The maximum Gasteiger partial charge on any atom is 0.342 e. The van der Waals surface area contributed by atoms with Gasteiger partial charge in [0.1, 0.15) is 23.8 Å². The Balaban J connectivity index is 1.31. The Morgan fingerprint density at radius 2 is 2.11 bits per heavy atom. The molecule has 1 saturated heterocycles. The summed E-state index contributed by atoms with van der Waals surface area (Å²) in [5.41, 5.74) is 6.17. The van der Waals surface area contributed by atoms with E-state index in [4.69, 9.17) is 24.6 Å². The van der Waals surface area contributed by atoms with Crippen molar-refractivity contribution >= 4 is 23.6 Å². The van der Waals surface area contributed by atoms with Gasteiger partial charge in [-0.15, -0.1) is 0 Å². The third-order valence-electron chi connectivity index (χ3n) is 8.68. The summed E-state index contributed by atoms with van der Waals surface area (Å²) in [6.07, 6.45) is 11.1. The number of hydrogen-bond acceptors (Lipinski definition) is 8. The molecule has 9 heteroatoms. The highest BCUT2D eigenvalue weighted by molar-refractivity contribution is 6.08. The molecular weight excluding hydrogens is 580 g/mol.